The number of ether oxygens (including phenoxy) is 2. The van der Waals surface area contributed by atoms with Crippen molar-refractivity contribution in [1.82, 2.24) is 10.2 Å². The fraction of sp³-hybridized carbons (Fsp3) is 0.632. The van der Waals surface area contributed by atoms with Gasteiger partial charge in [-0.1, -0.05) is 12.1 Å². The third-order valence-corrected chi connectivity index (χ3v) is 4.46. The summed E-state index contributed by atoms with van der Waals surface area (Å²) in [5.74, 6) is 1.53. The van der Waals surface area contributed by atoms with Crippen LogP contribution in [-0.2, 0) is 16.0 Å². The summed E-state index contributed by atoms with van der Waals surface area (Å²) < 4.78 is 10.7. The number of benzene rings is 1. The molecule has 6 nitrogen and oxygen atoms in total. The first-order chi connectivity index (χ1) is 12.1. The Balaban J connectivity index is 1.80. The van der Waals surface area contributed by atoms with E-state index in [0.29, 0.717) is 19.1 Å². The van der Waals surface area contributed by atoms with E-state index in [0.717, 1.165) is 38.6 Å². The van der Waals surface area contributed by atoms with E-state index in [2.05, 4.69) is 58.5 Å². The predicted molar refractivity (Wildman–Crippen MR) is 103 cm³/mol. The van der Waals surface area contributed by atoms with Crippen molar-refractivity contribution >= 4 is 11.6 Å². The predicted octanol–water partition coefficient (Wildman–Crippen LogP) is 1.81. The molecule has 1 fully saturated rings. The minimum atomic E-state index is 0.562. The standard InChI is InChI=1S/C19H32N4O2/c1-20-19(21-13-16-6-5-7-18(12-16)22(2)3)23-9-8-17(14-23)15-25-11-10-24-4/h5-7,12,17H,8-11,13-15H2,1-4H3,(H,20,21). The summed E-state index contributed by atoms with van der Waals surface area (Å²) in [5, 5.41) is 3.49. The number of rotatable bonds is 8. The molecule has 25 heavy (non-hydrogen) atoms. The van der Waals surface area contributed by atoms with E-state index in [1.54, 1.807) is 7.11 Å². The van der Waals surface area contributed by atoms with Crippen LogP contribution in [0.25, 0.3) is 0 Å². The van der Waals surface area contributed by atoms with Crippen LogP contribution in [0.4, 0.5) is 5.69 Å². The van der Waals surface area contributed by atoms with Gasteiger partial charge in [0.1, 0.15) is 0 Å². The highest BCUT2D eigenvalue weighted by atomic mass is 16.5. The second kappa shape index (κ2) is 10.3. The second-order valence-corrected chi connectivity index (χ2v) is 6.63. The third-order valence-electron chi connectivity index (χ3n) is 4.46. The van der Waals surface area contributed by atoms with E-state index < -0.39 is 0 Å². The molecule has 1 unspecified atom stereocenters. The van der Waals surface area contributed by atoms with Gasteiger partial charge in [0.25, 0.3) is 0 Å². The molecule has 2 rings (SSSR count). The molecule has 1 N–H and O–H groups in total. The van der Waals surface area contributed by atoms with Crippen molar-refractivity contribution in [2.45, 2.75) is 13.0 Å². The average molecular weight is 348 g/mol. The van der Waals surface area contributed by atoms with Gasteiger partial charge in [-0.15, -0.1) is 0 Å². The summed E-state index contributed by atoms with van der Waals surface area (Å²) in [5.41, 5.74) is 2.47. The average Bonchev–Trinajstić information content (AvgIpc) is 3.08. The maximum atomic E-state index is 5.67. The summed E-state index contributed by atoms with van der Waals surface area (Å²) >= 11 is 0. The van der Waals surface area contributed by atoms with Gasteiger partial charge in [0.05, 0.1) is 19.8 Å². The number of likely N-dealkylation sites (tertiary alicyclic amines) is 1. The molecule has 0 aromatic heterocycles. The Hall–Kier alpha value is -1.79. The number of methoxy groups -OCH3 is 1. The highest BCUT2D eigenvalue weighted by Gasteiger charge is 2.24. The van der Waals surface area contributed by atoms with Crippen molar-refractivity contribution in [2.75, 3.05) is 66.1 Å². The maximum Gasteiger partial charge on any atom is 0.193 e. The minimum absolute atomic E-state index is 0.562. The molecular formula is C19H32N4O2. The minimum Gasteiger partial charge on any atom is -0.382 e. The topological polar surface area (TPSA) is 49.3 Å². The van der Waals surface area contributed by atoms with E-state index in [1.165, 1.54) is 11.3 Å². The molecule has 1 atom stereocenters. The molecule has 1 aromatic carbocycles. The van der Waals surface area contributed by atoms with Crippen LogP contribution in [0.15, 0.2) is 29.3 Å². The molecule has 1 saturated heterocycles. The first-order valence-corrected chi connectivity index (χ1v) is 8.92. The van der Waals surface area contributed by atoms with Gasteiger partial charge in [-0.2, -0.15) is 0 Å². The van der Waals surface area contributed by atoms with E-state index in [-0.39, 0.29) is 0 Å². The van der Waals surface area contributed by atoms with Crippen LogP contribution in [0.3, 0.4) is 0 Å². The molecule has 0 saturated carbocycles. The van der Waals surface area contributed by atoms with Crippen LogP contribution in [-0.4, -0.2) is 72.0 Å². The molecule has 1 aliphatic rings. The molecule has 1 aliphatic heterocycles. The van der Waals surface area contributed by atoms with Crippen LogP contribution in [0.5, 0.6) is 0 Å². The molecule has 1 heterocycles. The summed E-state index contributed by atoms with van der Waals surface area (Å²) in [6.07, 6.45) is 1.14. The monoisotopic (exact) mass is 348 g/mol. The van der Waals surface area contributed by atoms with Crippen molar-refractivity contribution in [2.24, 2.45) is 10.9 Å². The summed E-state index contributed by atoms with van der Waals surface area (Å²) in [4.78, 5) is 8.88. The lowest BCUT2D eigenvalue weighted by Crippen LogP contribution is -2.39. The Bertz CT molecular complexity index is 548. The highest BCUT2D eigenvalue weighted by molar-refractivity contribution is 5.80. The largest absolute Gasteiger partial charge is 0.382 e. The van der Waals surface area contributed by atoms with Crippen LogP contribution in [0.1, 0.15) is 12.0 Å². The van der Waals surface area contributed by atoms with E-state index in [9.17, 15) is 0 Å². The van der Waals surface area contributed by atoms with Crippen LogP contribution in [0.2, 0.25) is 0 Å². The van der Waals surface area contributed by atoms with Crippen molar-refractivity contribution < 1.29 is 9.47 Å². The molecule has 6 heteroatoms. The SMILES string of the molecule is CN=C(NCc1cccc(N(C)C)c1)N1CCC(COCCOC)C1. The zero-order valence-corrected chi connectivity index (χ0v) is 16.0. The summed E-state index contributed by atoms with van der Waals surface area (Å²) in [7, 11) is 7.67. The summed E-state index contributed by atoms with van der Waals surface area (Å²) in [6, 6.07) is 8.56. The number of hydrogen-bond donors (Lipinski definition) is 1. The fourth-order valence-corrected chi connectivity index (χ4v) is 3.01. The molecule has 0 radical (unpaired) electrons. The Morgan fingerprint density at radius 2 is 2.20 bits per heavy atom. The van der Waals surface area contributed by atoms with E-state index in [1.807, 2.05) is 7.05 Å². The van der Waals surface area contributed by atoms with E-state index >= 15 is 0 Å². The Kier molecular flexibility index (Phi) is 8.01. The van der Waals surface area contributed by atoms with Crippen LogP contribution >= 0.6 is 0 Å². The van der Waals surface area contributed by atoms with Gasteiger partial charge in [0, 0.05) is 59.5 Å². The third kappa shape index (κ3) is 6.21. The van der Waals surface area contributed by atoms with Gasteiger partial charge in [0.15, 0.2) is 5.96 Å². The van der Waals surface area contributed by atoms with Gasteiger partial charge in [0.2, 0.25) is 0 Å². The summed E-state index contributed by atoms with van der Waals surface area (Å²) in [6.45, 7) is 4.91. The van der Waals surface area contributed by atoms with Gasteiger partial charge < -0.3 is 24.6 Å². The van der Waals surface area contributed by atoms with Gasteiger partial charge in [-0.05, 0) is 24.1 Å². The Labute approximate surface area is 151 Å². The Morgan fingerprint density at radius 3 is 2.92 bits per heavy atom. The number of hydrogen-bond acceptors (Lipinski definition) is 4. The zero-order chi connectivity index (χ0) is 18.1. The molecule has 0 bridgehead atoms. The molecule has 140 valence electrons. The second-order valence-electron chi connectivity index (χ2n) is 6.63. The molecule has 0 spiro atoms. The molecular weight excluding hydrogens is 316 g/mol. The first kappa shape index (κ1) is 19.5. The van der Waals surface area contributed by atoms with Crippen molar-refractivity contribution in [3.05, 3.63) is 29.8 Å². The first-order valence-electron chi connectivity index (χ1n) is 8.92. The van der Waals surface area contributed by atoms with Crippen molar-refractivity contribution in [1.29, 1.82) is 0 Å². The quantitative estimate of drug-likeness (QED) is 0.441. The fourth-order valence-electron chi connectivity index (χ4n) is 3.01. The number of aliphatic imine (C=N–C) groups is 1. The zero-order valence-electron chi connectivity index (χ0n) is 16.0. The molecule has 0 aliphatic carbocycles. The normalized spacial score (nSPS) is 17.8. The van der Waals surface area contributed by atoms with Gasteiger partial charge >= 0.3 is 0 Å². The lowest BCUT2D eigenvalue weighted by Gasteiger charge is -2.22. The number of anilines is 1. The van der Waals surface area contributed by atoms with Crippen molar-refractivity contribution in [3.63, 3.8) is 0 Å². The van der Waals surface area contributed by atoms with Crippen LogP contribution in [0, 0.1) is 5.92 Å². The maximum absolute atomic E-state index is 5.67. The smallest absolute Gasteiger partial charge is 0.193 e. The molecule has 1 aromatic rings. The number of nitrogens with zero attached hydrogens (tertiary/aromatic N) is 3. The Morgan fingerprint density at radius 1 is 1.36 bits per heavy atom. The van der Waals surface area contributed by atoms with E-state index in [4.69, 9.17) is 9.47 Å². The number of nitrogens with one attached hydrogen (secondary N) is 1. The lowest BCUT2D eigenvalue weighted by atomic mass is 10.1. The molecule has 0 amide bonds. The van der Waals surface area contributed by atoms with Crippen molar-refractivity contribution in [3.8, 4) is 0 Å². The van der Waals surface area contributed by atoms with Crippen LogP contribution < -0.4 is 10.2 Å². The van der Waals surface area contributed by atoms with Gasteiger partial charge in [-0.25, -0.2) is 0 Å². The van der Waals surface area contributed by atoms with Gasteiger partial charge in [-0.3, -0.25) is 4.99 Å². The highest BCUT2D eigenvalue weighted by Crippen LogP contribution is 2.17. The lowest BCUT2D eigenvalue weighted by molar-refractivity contribution is 0.0536. The number of guanidine groups is 1.